The number of hydrogen-bond acceptors (Lipinski definition) is 3. The van der Waals surface area contributed by atoms with Gasteiger partial charge in [0.15, 0.2) is 0 Å². The van der Waals surface area contributed by atoms with Gasteiger partial charge in [-0.2, -0.15) is 0 Å². The van der Waals surface area contributed by atoms with E-state index in [2.05, 4.69) is 9.88 Å². The maximum atomic E-state index is 8.40. The molecule has 3 rings (SSSR count). The molecule has 0 saturated carbocycles. The summed E-state index contributed by atoms with van der Waals surface area (Å²) >= 11 is 18.4. The van der Waals surface area contributed by atoms with Crippen molar-refractivity contribution in [2.75, 3.05) is 31.1 Å². The van der Waals surface area contributed by atoms with Crippen molar-refractivity contribution >= 4 is 46.5 Å². The largest absolute Gasteiger partial charge is 0.353 e. The second-order valence-corrected chi connectivity index (χ2v) is 6.51. The molecule has 2 heterocycles. The lowest BCUT2D eigenvalue weighted by Gasteiger charge is -2.37. The predicted octanol–water partition coefficient (Wildman–Crippen LogP) is 4.19. The number of halogens is 3. The van der Waals surface area contributed by atoms with Crippen molar-refractivity contribution in [2.45, 2.75) is 0 Å². The molecule has 1 N–H and O–H groups in total. The Kier molecular flexibility index (Phi) is 4.95. The van der Waals surface area contributed by atoms with Crippen LogP contribution in [0.2, 0.25) is 15.1 Å². The average Bonchev–Trinajstić information content (AvgIpc) is 2.57. The van der Waals surface area contributed by atoms with Crippen LogP contribution in [0.3, 0.4) is 0 Å². The average molecular weight is 370 g/mol. The van der Waals surface area contributed by atoms with Crippen LogP contribution in [0.25, 0.3) is 0 Å². The number of rotatable bonds is 2. The van der Waals surface area contributed by atoms with Crippen molar-refractivity contribution in [1.29, 1.82) is 5.41 Å². The smallest absolute Gasteiger partial charge is 0.147 e. The number of benzene rings is 1. The maximum absolute atomic E-state index is 8.40. The minimum Gasteiger partial charge on any atom is -0.353 e. The van der Waals surface area contributed by atoms with Gasteiger partial charge in [-0.25, -0.2) is 4.98 Å². The van der Waals surface area contributed by atoms with Crippen molar-refractivity contribution in [1.82, 2.24) is 9.88 Å². The van der Waals surface area contributed by atoms with E-state index in [4.69, 9.17) is 40.2 Å². The second-order valence-electron chi connectivity index (χ2n) is 5.26. The Bertz CT molecular complexity index is 727. The van der Waals surface area contributed by atoms with Crippen molar-refractivity contribution in [3.63, 3.8) is 0 Å². The molecule has 7 heteroatoms. The van der Waals surface area contributed by atoms with E-state index >= 15 is 0 Å². The van der Waals surface area contributed by atoms with E-state index in [1.54, 1.807) is 24.4 Å². The zero-order valence-electron chi connectivity index (χ0n) is 12.3. The van der Waals surface area contributed by atoms with Crippen molar-refractivity contribution < 1.29 is 0 Å². The predicted molar refractivity (Wildman–Crippen MR) is 96.3 cm³/mol. The maximum Gasteiger partial charge on any atom is 0.147 e. The molecule has 0 radical (unpaired) electrons. The quantitative estimate of drug-likeness (QED) is 0.637. The first kappa shape index (κ1) is 16.4. The Morgan fingerprint density at radius 2 is 1.74 bits per heavy atom. The summed E-state index contributed by atoms with van der Waals surface area (Å²) < 4.78 is 0. The third kappa shape index (κ3) is 3.55. The van der Waals surface area contributed by atoms with Crippen LogP contribution < -0.4 is 4.90 Å². The van der Waals surface area contributed by atoms with Crippen LogP contribution in [-0.4, -0.2) is 41.9 Å². The first-order valence-electron chi connectivity index (χ1n) is 7.20. The highest BCUT2D eigenvalue weighted by atomic mass is 35.5. The number of anilines is 1. The Morgan fingerprint density at radius 3 is 2.43 bits per heavy atom. The lowest BCUT2D eigenvalue weighted by Crippen LogP contribution is -2.49. The third-order valence-corrected chi connectivity index (χ3v) is 4.68. The van der Waals surface area contributed by atoms with Gasteiger partial charge in [-0.15, -0.1) is 0 Å². The van der Waals surface area contributed by atoms with Gasteiger partial charge >= 0.3 is 0 Å². The molecule has 4 nitrogen and oxygen atoms in total. The molecule has 120 valence electrons. The summed E-state index contributed by atoms with van der Waals surface area (Å²) in [5.74, 6) is 1.19. The molecule has 2 aromatic rings. The van der Waals surface area contributed by atoms with Gasteiger partial charge in [0.2, 0.25) is 0 Å². The summed E-state index contributed by atoms with van der Waals surface area (Å²) in [5.41, 5.74) is 0.656. The second kappa shape index (κ2) is 6.95. The summed E-state index contributed by atoms with van der Waals surface area (Å²) in [6.45, 7) is 2.90. The van der Waals surface area contributed by atoms with E-state index in [1.807, 2.05) is 17.0 Å². The van der Waals surface area contributed by atoms with Gasteiger partial charge in [0.05, 0.1) is 10.0 Å². The van der Waals surface area contributed by atoms with Gasteiger partial charge in [0.1, 0.15) is 11.7 Å². The first-order valence-corrected chi connectivity index (χ1v) is 8.34. The fourth-order valence-corrected chi connectivity index (χ4v) is 3.22. The fourth-order valence-electron chi connectivity index (χ4n) is 2.60. The SMILES string of the molecule is N=C(c1cc(Cl)ccc1Cl)N1CCN(c2ncccc2Cl)CC1. The summed E-state index contributed by atoms with van der Waals surface area (Å²) in [4.78, 5) is 8.46. The highest BCUT2D eigenvalue weighted by Gasteiger charge is 2.23. The molecule has 1 fully saturated rings. The highest BCUT2D eigenvalue weighted by Crippen LogP contribution is 2.25. The van der Waals surface area contributed by atoms with Crippen LogP contribution in [0.5, 0.6) is 0 Å². The van der Waals surface area contributed by atoms with Gasteiger partial charge < -0.3 is 9.80 Å². The topological polar surface area (TPSA) is 43.2 Å². The van der Waals surface area contributed by atoms with Crippen LogP contribution in [-0.2, 0) is 0 Å². The van der Waals surface area contributed by atoms with Crippen molar-refractivity contribution in [2.24, 2.45) is 0 Å². The Labute approximate surface area is 150 Å². The first-order chi connectivity index (χ1) is 11.1. The standard InChI is InChI=1S/C16H15Cl3N4/c17-11-3-4-13(18)12(10-11)15(20)22-6-8-23(9-7-22)16-14(19)2-1-5-21-16/h1-5,10,20H,6-9H2. The van der Waals surface area contributed by atoms with E-state index in [0.717, 1.165) is 18.9 Å². The lowest BCUT2D eigenvalue weighted by molar-refractivity contribution is 0.383. The molecule has 0 unspecified atom stereocenters. The van der Waals surface area contributed by atoms with Gasteiger partial charge in [-0.1, -0.05) is 34.8 Å². The minimum atomic E-state index is 0.393. The van der Waals surface area contributed by atoms with E-state index < -0.39 is 0 Å². The lowest BCUT2D eigenvalue weighted by atomic mass is 10.1. The Hall–Kier alpha value is -1.49. The minimum absolute atomic E-state index is 0.393. The van der Waals surface area contributed by atoms with E-state index in [-0.39, 0.29) is 0 Å². The molecule has 1 aromatic heterocycles. The highest BCUT2D eigenvalue weighted by molar-refractivity contribution is 6.36. The Morgan fingerprint density at radius 1 is 1.00 bits per heavy atom. The molecule has 1 aliphatic heterocycles. The number of aromatic nitrogens is 1. The molecule has 0 spiro atoms. The van der Waals surface area contributed by atoms with Gasteiger partial charge in [-0.05, 0) is 30.3 Å². The molecule has 0 amide bonds. The monoisotopic (exact) mass is 368 g/mol. The number of pyridine rings is 1. The molecule has 1 aliphatic rings. The Balaban J connectivity index is 1.70. The number of piperazine rings is 1. The molecule has 1 aromatic carbocycles. The third-order valence-electron chi connectivity index (χ3n) is 3.82. The van der Waals surface area contributed by atoms with E-state index in [9.17, 15) is 0 Å². The van der Waals surface area contributed by atoms with Crippen LogP contribution in [0, 0.1) is 5.41 Å². The number of nitrogens with zero attached hydrogens (tertiary/aromatic N) is 3. The van der Waals surface area contributed by atoms with Crippen LogP contribution in [0.1, 0.15) is 5.56 Å². The zero-order valence-corrected chi connectivity index (χ0v) is 14.5. The fraction of sp³-hybridized carbons (Fsp3) is 0.250. The summed E-state index contributed by atoms with van der Waals surface area (Å²) in [6.07, 6.45) is 1.74. The molecular formula is C16H15Cl3N4. The summed E-state index contributed by atoms with van der Waals surface area (Å²) in [5, 5.41) is 10.2. The summed E-state index contributed by atoms with van der Waals surface area (Å²) in [7, 11) is 0. The van der Waals surface area contributed by atoms with Gasteiger partial charge in [-0.3, -0.25) is 5.41 Å². The molecule has 23 heavy (non-hydrogen) atoms. The van der Waals surface area contributed by atoms with E-state index in [1.165, 1.54) is 0 Å². The number of nitrogens with one attached hydrogen (secondary N) is 1. The van der Waals surface area contributed by atoms with Crippen LogP contribution in [0.4, 0.5) is 5.82 Å². The molecule has 0 bridgehead atoms. The molecule has 1 saturated heterocycles. The van der Waals surface area contributed by atoms with E-state index in [0.29, 0.717) is 39.6 Å². The summed E-state index contributed by atoms with van der Waals surface area (Å²) in [6, 6.07) is 8.83. The molecule has 0 atom stereocenters. The van der Waals surface area contributed by atoms with Gasteiger partial charge in [0.25, 0.3) is 0 Å². The molecule has 0 aliphatic carbocycles. The zero-order chi connectivity index (χ0) is 16.4. The van der Waals surface area contributed by atoms with Crippen molar-refractivity contribution in [3.05, 3.63) is 57.2 Å². The number of hydrogen-bond donors (Lipinski definition) is 1. The number of amidine groups is 1. The van der Waals surface area contributed by atoms with Crippen LogP contribution in [0.15, 0.2) is 36.5 Å². The van der Waals surface area contributed by atoms with Crippen molar-refractivity contribution in [3.8, 4) is 0 Å². The van der Waals surface area contributed by atoms with Gasteiger partial charge in [0, 0.05) is 43.0 Å². The van der Waals surface area contributed by atoms with Crippen LogP contribution >= 0.6 is 34.8 Å². The normalized spacial score (nSPS) is 14.9. The molecular weight excluding hydrogens is 355 g/mol.